The van der Waals surface area contributed by atoms with Gasteiger partial charge in [0.15, 0.2) is 0 Å². The summed E-state index contributed by atoms with van der Waals surface area (Å²) in [6.45, 7) is 7.27. The molecule has 0 bridgehead atoms. The standard InChI is InChI=1S/C20H30N2O2/c1-4-7-9-16-17(13-20(23)24-6-3)19-12-11-15(21)14-22(19)18(16)10-8-5-2/h4,7,9-10,15H,5-6,8,11-14,21H2,1-3H3/b7-4-,16-9-,18-10-/t15-/m1/s1. The van der Waals surface area contributed by atoms with Crippen LogP contribution in [0.15, 0.2) is 12.2 Å². The summed E-state index contributed by atoms with van der Waals surface area (Å²) in [7, 11) is 0. The van der Waals surface area contributed by atoms with Gasteiger partial charge in [-0.05, 0) is 38.7 Å². The second-order valence-electron chi connectivity index (χ2n) is 6.30. The van der Waals surface area contributed by atoms with Crippen LogP contribution in [0.2, 0.25) is 0 Å². The van der Waals surface area contributed by atoms with Crippen molar-refractivity contribution in [3.63, 3.8) is 0 Å². The van der Waals surface area contributed by atoms with E-state index in [-0.39, 0.29) is 12.0 Å². The predicted octanol–water partition coefficient (Wildman–Crippen LogP) is 1.80. The van der Waals surface area contributed by atoms with Crippen LogP contribution in [0.25, 0.3) is 12.2 Å². The van der Waals surface area contributed by atoms with Gasteiger partial charge in [-0.25, -0.2) is 0 Å². The number of aromatic nitrogens is 1. The number of unbranched alkanes of at least 4 members (excludes halogenated alkanes) is 1. The van der Waals surface area contributed by atoms with Crippen LogP contribution in [-0.4, -0.2) is 23.2 Å². The number of fused-ring (bicyclic) bond motifs is 1. The quantitative estimate of drug-likeness (QED) is 0.809. The average molecular weight is 330 g/mol. The van der Waals surface area contributed by atoms with E-state index in [1.54, 1.807) is 0 Å². The number of rotatable bonds is 6. The summed E-state index contributed by atoms with van der Waals surface area (Å²) in [6.07, 6.45) is 12.8. The average Bonchev–Trinajstić information content (AvgIpc) is 2.83. The number of hydrogen-bond acceptors (Lipinski definition) is 3. The lowest BCUT2D eigenvalue weighted by Crippen LogP contribution is -2.38. The summed E-state index contributed by atoms with van der Waals surface area (Å²) < 4.78 is 7.52. The fourth-order valence-corrected chi connectivity index (χ4v) is 3.34. The molecule has 0 saturated carbocycles. The Balaban J connectivity index is 2.65. The Kier molecular flexibility index (Phi) is 6.85. The van der Waals surface area contributed by atoms with Crippen LogP contribution in [0.5, 0.6) is 0 Å². The molecular formula is C20H30N2O2. The second-order valence-corrected chi connectivity index (χ2v) is 6.30. The Bertz CT molecular complexity index is 713. The van der Waals surface area contributed by atoms with Gasteiger partial charge in [-0.15, -0.1) is 0 Å². The zero-order valence-corrected chi connectivity index (χ0v) is 15.2. The minimum Gasteiger partial charge on any atom is -0.466 e. The topological polar surface area (TPSA) is 57.2 Å². The monoisotopic (exact) mass is 330 g/mol. The molecule has 0 radical (unpaired) electrons. The molecule has 0 amide bonds. The highest BCUT2D eigenvalue weighted by Gasteiger charge is 2.23. The van der Waals surface area contributed by atoms with Crippen molar-refractivity contribution >= 4 is 18.1 Å². The summed E-state index contributed by atoms with van der Waals surface area (Å²) >= 11 is 0. The predicted molar refractivity (Wildman–Crippen MR) is 99.0 cm³/mol. The van der Waals surface area contributed by atoms with E-state index < -0.39 is 0 Å². The third-order valence-electron chi connectivity index (χ3n) is 4.44. The minimum absolute atomic E-state index is 0.155. The maximum atomic E-state index is 12.1. The maximum Gasteiger partial charge on any atom is 0.310 e. The van der Waals surface area contributed by atoms with Gasteiger partial charge in [0, 0.05) is 28.8 Å². The summed E-state index contributed by atoms with van der Waals surface area (Å²) in [5.41, 5.74) is 8.57. The second kappa shape index (κ2) is 8.88. The number of ether oxygens (including phenoxy) is 1. The number of nitrogens with zero attached hydrogens (tertiary/aromatic N) is 1. The Morgan fingerprint density at radius 1 is 1.42 bits per heavy atom. The molecule has 1 aromatic heterocycles. The summed E-state index contributed by atoms with van der Waals surface area (Å²) in [5.74, 6) is -0.155. The molecule has 132 valence electrons. The van der Waals surface area contributed by atoms with Crippen molar-refractivity contribution < 1.29 is 9.53 Å². The molecule has 1 aliphatic rings. The third-order valence-corrected chi connectivity index (χ3v) is 4.44. The number of hydrogen-bond donors (Lipinski definition) is 1. The molecule has 1 aliphatic heterocycles. The van der Waals surface area contributed by atoms with Crippen LogP contribution >= 0.6 is 0 Å². The largest absolute Gasteiger partial charge is 0.466 e. The molecule has 0 fully saturated rings. The van der Waals surface area contributed by atoms with Gasteiger partial charge in [-0.2, -0.15) is 0 Å². The lowest BCUT2D eigenvalue weighted by Gasteiger charge is -2.22. The molecule has 4 nitrogen and oxygen atoms in total. The Morgan fingerprint density at radius 3 is 2.88 bits per heavy atom. The van der Waals surface area contributed by atoms with Crippen molar-refractivity contribution in [2.45, 2.75) is 65.5 Å². The van der Waals surface area contributed by atoms with E-state index in [4.69, 9.17) is 10.5 Å². The van der Waals surface area contributed by atoms with E-state index in [0.29, 0.717) is 13.0 Å². The molecule has 1 atom stereocenters. The van der Waals surface area contributed by atoms with Gasteiger partial charge < -0.3 is 15.0 Å². The first-order chi connectivity index (χ1) is 11.6. The van der Waals surface area contributed by atoms with Gasteiger partial charge in [0.1, 0.15) is 0 Å². The molecular weight excluding hydrogens is 300 g/mol. The normalized spacial score (nSPS) is 19.1. The van der Waals surface area contributed by atoms with E-state index in [1.807, 2.05) is 26.0 Å². The van der Waals surface area contributed by atoms with Crippen molar-refractivity contribution in [3.8, 4) is 0 Å². The highest BCUT2D eigenvalue weighted by molar-refractivity contribution is 5.73. The number of esters is 1. The lowest BCUT2D eigenvalue weighted by atomic mass is 10.0. The van der Waals surface area contributed by atoms with E-state index in [2.05, 4.69) is 23.6 Å². The Hall–Kier alpha value is -1.81. The first-order valence-electron chi connectivity index (χ1n) is 9.06. The van der Waals surface area contributed by atoms with Gasteiger partial charge in [0.05, 0.1) is 13.0 Å². The van der Waals surface area contributed by atoms with Crippen LogP contribution < -0.4 is 16.3 Å². The van der Waals surface area contributed by atoms with Gasteiger partial charge in [-0.3, -0.25) is 4.79 Å². The zero-order valence-electron chi connectivity index (χ0n) is 15.2. The van der Waals surface area contributed by atoms with Crippen molar-refractivity contribution in [1.29, 1.82) is 0 Å². The maximum absolute atomic E-state index is 12.1. The third kappa shape index (κ3) is 4.18. The summed E-state index contributed by atoms with van der Waals surface area (Å²) in [5, 5.41) is 2.36. The van der Waals surface area contributed by atoms with Crippen molar-refractivity contribution in [3.05, 3.63) is 34.0 Å². The summed E-state index contributed by atoms with van der Waals surface area (Å²) in [6, 6.07) is 0.184. The van der Waals surface area contributed by atoms with Crippen molar-refractivity contribution in [2.75, 3.05) is 6.61 Å². The first-order valence-corrected chi connectivity index (χ1v) is 9.06. The van der Waals surface area contributed by atoms with E-state index in [1.165, 1.54) is 11.0 Å². The molecule has 24 heavy (non-hydrogen) atoms. The molecule has 2 heterocycles. The molecule has 0 aromatic carbocycles. The molecule has 1 aromatic rings. The molecule has 2 N–H and O–H groups in total. The number of nitrogens with two attached hydrogens (primary N) is 1. The lowest BCUT2D eigenvalue weighted by molar-refractivity contribution is -0.142. The van der Waals surface area contributed by atoms with Gasteiger partial charge in [-0.1, -0.05) is 37.6 Å². The van der Waals surface area contributed by atoms with Crippen molar-refractivity contribution in [2.24, 2.45) is 5.73 Å². The SMILES string of the molecule is C\C=C/C=c1/c(CC(=O)OCC)c2n(/c1=C\CCC)C[C@H](N)CC2. The Morgan fingerprint density at radius 2 is 2.21 bits per heavy atom. The van der Waals surface area contributed by atoms with Crippen LogP contribution in [0, 0.1) is 0 Å². The minimum atomic E-state index is -0.155. The molecule has 2 rings (SSSR count). The van der Waals surface area contributed by atoms with Crippen LogP contribution in [-0.2, 0) is 28.9 Å². The van der Waals surface area contributed by atoms with E-state index >= 15 is 0 Å². The van der Waals surface area contributed by atoms with Crippen molar-refractivity contribution in [1.82, 2.24) is 4.57 Å². The van der Waals surface area contributed by atoms with Crippen LogP contribution in [0.3, 0.4) is 0 Å². The zero-order chi connectivity index (χ0) is 17.5. The van der Waals surface area contributed by atoms with Gasteiger partial charge >= 0.3 is 5.97 Å². The fraction of sp³-hybridized carbons (Fsp3) is 0.550. The fourth-order valence-electron chi connectivity index (χ4n) is 3.34. The number of carbonyl (C=O) groups is 1. The van der Waals surface area contributed by atoms with E-state index in [9.17, 15) is 4.79 Å². The molecule has 0 saturated heterocycles. The smallest absolute Gasteiger partial charge is 0.310 e. The van der Waals surface area contributed by atoms with Crippen LogP contribution in [0.4, 0.5) is 0 Å². The van der Waals surface area contributed by atoms with E-state index in [0.717, 1.165) is 43.0 Å². The van der Waals surface area contributed by atoms with Crippen LogP contribution in [0.1, 0.15) is 51.3 Å². The highest BCUT2D eigenvalue weighted by atomic mass is 16.5. The number of carbonyl (C=O) groups excluding carboxylic acids is 1. The Labute approximate surface area is 144 Å². The molecule has 4 heteroatoms. The van der Waals surface area contributed by atoms with Gasteiger partial charge in [0.25, 0.3) is 0 Å². The van der Waals surface area contributed by atoms with Gasteiger partial charge in [0.2, 0.25) is 0 Å². The highest BCUT2D eigenvalue weighted by Crippen LogP contribution is 2.16. The molecule has 0 unspecified atom stereocenters. The molecule has 0 spiro atoms. The number of allylic oxidation sites excluding steroid dienone is 2. The first kappa shape index (κ1) is 18.5. The summed E-state index contributed by atoms with van der Waals surface area (Å²) in [4.78, 5) is 12.1. The molecule has 0 aliphatic carbocycles.